The van der Waals surface area contributed by atoms with Crippen LogP contribution in [0.4, 0.5) is 5.69 Å². The Morgan fingerprint density at radius 1 is 1.14 bits per heavy atom. The van der Waals surface area contributed by atoms with Gasteiger partial charge in [-0.05, 0) is 42.0 Å². The number of hydrogen-bond acceptors (Lipinski definition) is 3. The fourth-order valence-corrected chi connectivity index (χ4v) is 4.62. The number of hydrogen-bond donors (Lipinski definition) is 1. The van der Waals surface area contributed by atoms with Gasteiger partial charge in [-0.25, -0.2) is 0 Å². The fraction of sp³-hybridized carbons (Fsp3) is 0.391. The Morgan fingerprint density at radius 2 is 1.86 bits per heavy atom. The zero-order chi connectivity index (χ0) is 19.7. The second kappa shape index (κ2) is 8.00. The highest BCUT2D eigenvalue weighted by atomic mass is 32.2. The van der Waals surface area contributed by atoms with Crippen molar-refractivity contribution in [2.24, 2.45) is 0 Å². The van der Waals surface area contributed by atoms with E-state index in [1.807, 2.05) is 29.2 Å². The third-order valence-electron chi connectivity index (χ3n) is 5.37. The highest BCUT2D eigenvalue weighted by molar-refractivity contribution is 8.01. The fourth-order valence-electron chi connectivity index (χ4n) is 3.51. The molecule has 2 amide bonds. The molecule has 28 heavy (non-hydrogen) atoms. The van der Waals surface area contributed by atoms with E-state index in [1.165, 1.54) is 17.3 Å². The summed E-state index contributed by atoms with van der Waals surface area (Å²) in [4.78, 5) is 28.5. The minimum atomic E-state index is -0.369. The normalized spacial score (nSPS) is 18.5. The summed E-state index contributed by atoms with van der Waals surface area (Å²) in [6, 6.07) is 16.6. The minimum absolute atomic E-state index is 0.0717. The van der Waals surface area contributed by atoms with Crippen LogP contribution in [-0.4, -0.2) is 28.0 Å². The third-order valence-corrected chi connectivity index (χ3v) is 6.65. The van der Waals surface area contributed by atoms with Gasteiger partial charge in [0.15, 0.2) is 0 Å². The van der Waals surface area contributed by atoms with Gasteiger partial charge >= 0.3 is 0 Å². The molecule has 0 saturated heterocycles. The molecule has 0 spiro atoms. The molecule has 4 rings (SSSR count). The van der Waals surface area contributed by atoms with Gasteiger partial charge < -0.3 is 10.2 Å². The number of carbonyl (C=O) groups is 2. The number of nitrogens with one attached hydrogen (secondary N) is 1. The Hall–Kier alpha value is -2.27. The highest BCUT2D eigenvalue weighted by Gasteiger charge is 2.36. The largest absolute Gasteiger partial charge is 0.335 e. The maximum absolute atomic E-state index is 13.1. The van der Waals surface area contributed by atoms with Crippen molar-refractivity contribution in [3.8, 4) is 0 Å². The van der Waals surface area contributed by atoms with Gasteiger partial charge in [0.1, 0.15) is 0 Å². The average Bonchev–Trinajstić information content (AvgIpc) is 3.52. The molecule has 0 aromatic heterocycles. The van der Waals surface area contributed by atoms with Gasteiger partial charge in [0, 0.05) is 23.9 Å². The molecule has 1 atom stereocenters. The molecule has 2 aromatic rings. The van der Waals surface area contributed by atoms with Crippen LogP contribution >= 0.6 is 11.8 Å². The quantitative estimate of drug-likeness (QED) is 0.765. The summed E-state index contributed by atoms with van der Waals surface area (Å²) in [6.45, 7) is 4.98. The number of nitrogens with zero attached hydrogens (tertiary/aromatic N) is 1. The molecular weight excluding hydrogens is 368 g/mol. The van der Waals surface area contributed by atoms with Gasteiger partial charge in [0.05, 0.1) is 10.9 Å². The Balaban J connectivity index is 1.44. The summed E-state index contributed by atoms with van der Waals surface area (Å²) >= 11 is 1.49. The number of benzene rings is 2. The average molecular weight is 395 g/mol. The number of fused-ring (bicyclic) bond motifs is 1. The Morgan fingerprint density at radius 3 is 2.54 bits per heavy atom. The monoisotopic (exact) mass is 394 g/mol. The molecule has 1 heterocycles. The summed E-state index contributed by atoms with van der Waals surface area (Å²) < 4.78 is 0. The van der Waals surface area contributed by atoms with Crippen LogP contribution in [0, 0.1) is 0 Å². The smallest absolute Gasteiger partial charge is 0.238 e. The predicted octanol–water partition coefficient (Wildman–Crippen LogP) is 4.80. The maximum Gasteiger partial charge on any atom is 0.238 e. The summed E-state index contributed by atoms with van der Waals surface area (Å²) in [6.07, 6.45) is 2.36. The van der Waals surface area contributed by atoms with Crippen LogP contribution in [0.3, 0.4) is 0 Å². The first kappa shape index (κ1) is 19.1. The van der Waals surface area contributed by atoms with Gasteiger partial charge in [-0.2, -0.15) is 0 Å². The zero-order valence-corrected chi connectivity index (χ0v) is 17.2. The summed E-state index contributed by atoms with van der Waals surface area (Å²) in [7, 11) is 0. The van der Waals surface area contributed by atoms with Gasteiger partial charge in [-0.3, -0.25) is 9.59 Å². The molecule has 4 nitrogen and oxygen atoms in total. The first-order valence-electron chi connectivity index (χ1n) is 9.96. The molecule has 2 aliphatic rings. The number of amides is 2. The lowest BCUT2D eigenvalue weighted by atomic mass is 10.0. The van der Waals surface area contributed by atoms with E-state index in [-0.39, 0.29) is 23.5 Å². The van der Waals surface area contributed by atoms with E-state index >= 15 is 0 Å². The van der Waals surface area contributed by atoms with Crippen molar-refractivity contribution in [2.75, 3.05) is 5.32 Å². The molecule has 1 aliphatic carbocycles. The van der Waals surface area contributed by atoms with Crippen molar-refractivity contribution >= 4 is 29.3 Å². The van der Waals surface area contributed by atoms with Gasteiger partial charge in [-0.1, -0.05) is 50.2 Å². The van der Waals surface area contributed by atoms with Crippen LogP contribution in [0.15, 0.2) is 53.4 Å². The molecule has 0 bridgehead atoms. The number of anilines is 1. The zero-order valence-electron chi connectivity index (χ0n) is 16.4. The number of carbonyl (C=O) groups excluding carboxylic acids is 2. The van der Waals surface area contributed by atoms with E-state index in [0.29, 0.717) is 18.5 Å². The van der Waals surface area contributed by atoms with Crippen LogP contribution < -0.4 is 5.32 Å². The molecule has 5 heteroatoms. The van der Waals surface area contributed by atoms with E-state index < -0.39 is 0 Å². The molecule has 146 valence electrons. The van der Waals surface area contributed by atoms with E-state index in [4.69, 9.17) is 0 Å². The number of thioether (sulfide) groups is 1. The van der Waals surface area contributed by atoms with Crippen LogP contribution in [0.25, 0.3) is 0 Å². The summed E-state index contributed by atoms with van der Waals surface area (Å²) in [5.41, 5.74) is 3.29. The minimum Gasteiger partial charge on any atom is -0.335 e. The Kier molecular flexibility index (Phi) is 5.44. The van der Waals surface area contributed by atoms with Crippen LogP contribution in [-0.2, 0) is 16.1 Å². The molecule has 1 saturated carbocycles. The number of rotatable bonds is 6. The molecular formula is C23H26N2O2S. The molecule has 1 aliphatic heterocycles. The Labute approximate surface area is 170 Å². The molecule has 1 unspecified atom stereocenters. The SMILES string of the molecule is CC(C)c1ccc(CN(C(=O)CC2Sc3ccccc3NC2=O)C2CC2)cc1. The Bertz CT molecular complexity index is 874. The molecule has 0 radical (unpaired) electrons. The van der Waals surface area contributed by atoms with Crippen molar-refractivity contribution in [2.45, 2.75) is 61.8 Å². The first-order valence-corrected chi connectivity index (χ1v) is 10.8. The van der Waals surface area contributed by atoms with Gasteiger partial charge in [0.25, 0.3) is 0 Å². The summed E-state index contributed by atoms with van der Waals surface area (Å²) in [5.74, 6) is 0.497. The van der Waals surface area contributed by atoms with Crippen molar-refractivity contribution in [1.82, 2.24) is 4.90 Å². The van der Waals surface area contributed by atoms with E-state index in [0.717, 1.165) is 29.0 Å². The topological polar surface area (TPSA) is 49.4 Å². The van der Waals surface area contributed by atoms with Crippen LogP contribution in [0.1, 0.15) is 50.2 Å². The van der Waals surface area contributed by atoms with Gasteiger partial charge in [0.2, 0.25) is 11.8 Å². The number of para-hydroxylation sites is 1. The standard InChI is InChI=1S/C23H26N2O2S/c1-15(2)17-9-7-16(8-10-17)14-25(18-11-12-18)22(26)13-21-23(27)24-19-5-3-4-6-20(19)28-21/h3-10,15,18,21H,11-14H2,1-2H3,(H,24,27). The highest BCUT2D eigenvalue weighted by Crippen LogP contribution is 2.38. The van der Waals surface area contributed by atoms with Crippen molar-refractivity contribution in [3.63, 3.8) is 0 Å². The van der Waals surface area contributed by atoms with E-state index in [2.05, 4.69) is 43.4 Å². The van der Waals surface area contributed by atoms with Crippen molar-refractivity contribution in [3.05, 3.63) is 59.7 Å². The lowest BCUT2D eigenvalue weighted by Gasteiger charge is -2.27. The molecule has 1 N–H and O–H groups in total. The van der Waals surface area contributed by atoms with E-state index in [9.17, 15) is 9.59 Å². The van der Waals surface area contributed by atoms with Crippen LogP contribution in [0.2, 0.25) is 0 Å². The molecule has 1 fully saturated rings. The summed E-state index contributed by atoms with van der Waals surface area (Å²) in [5, 5.41) is 2.57. The van der Waals surface area contributed by atoms with Crippen molar-refractivity contribution in [1.29, 1.82) is 0 Å². The lowest BCUT2D eigenvalue weighted by molar-refractivity contribution is -0.133. The van der Waals surface area contributed by atoms with E-state index in [1.54, 1.807) is 0 Å². The third kappa shape index (κ3) is 4.25. The lowest BCUT2D eigenvalue weighted by Crippen LogP contribution is -2.38. The maximum atomic E-state index is 13.1. The predicted molar refractivity (Wildman–Crippen MR) is 113 cm³/mol. The second-order valence-electron chi connectivity index (χ2n) is 7.95. The van der Waals surface area contributed by atoms with Crippen LogP contribution in [0.5, 0.6) is 0 Å². The first-order chi connectivity index (χ1) is 13.5. The second-order valence-corrected chi connectivity index (χ2v) is 9.19. The van der Waals surface area contributed by atoms with Crippen molar-refractivity contribution < 1.29 is 9.59 Å². The molecule has 2 aromatic carbocycles. The van der Waals surface area contributed by atoms with Gasteiger partial charge in [-0.15, -0.1) is 11.8 Å².